The summed E-state index contributed by atoms with van der Waals surface area (Å²) in [7, 11) is 0. The molecule has 0 spiro atoms. The van der Waals surface area contributed by atoms with Crippen molar-refractivity contribution in [1.82, 2.24) is 10.2 Å². The van der Waals surface area contributed by atoms with Crippen molar-refractivity contribution in [2.24, 2.45) is 5.73 Å². The molecule has 0 bridgehead atoms. The Labute approximate surface area is 101 Å². The summed E-state index contributed by atoms with van der Waals surface area (Å²) in [6.45, 7) is 3.65. The van der Waals surface area contributed by atoms with E-state index >= 15 is 0 Å². The van der Waals surface area contributed by atoms with Gasteiger partial charge in [0.2, 0.25) is 0 Å². The van der Waals surface area contributed by atoms with Crippen molar-refractivity contribution in [3.8, 4) is 11.3 Å². The number of nitrogens with one attached hydrogen (secondary N) is 2. The Balaban J connectivity index is 2.15. The molecule has 4 nitrogen and oxygen atoms in total. The quantitative estimate of drug-likeness (QED) is 0.689. The molecule has 4 N–H and O–H groups in total. The normalized spacial score (nSPS) is 10.5. The molecule has 4 heteroatoms. The fourth-order valence-corrected chi connectivity index (χ4v) is 1.69. The van der Waals surface area contributed by atoms with Crippen molar-refractivity contribution in [2.75, 3.05) is 18.4 Å². The Kier molecular flexibility index (Phi) is 3.77. The molecule has 0 saturated carbocycles. The average Bonchev–Trinajstić information content (AvgIpc) is 2.79. The number of nitrogens with zero attached hydrogens (tertiary/aromatic N) is 1. The molecule has 0 aliphatic carbocycles. The minimum atomic E-state index is 0.699. The van der Waals surface area contributed by atoms with Gasteiger partial charge >= 0.3 is 0 Å². The molecular weight excluding hydrogens is 212 g/mol. The minimum Gasteiger partial charge on any atom is -0.382 e. The lowest BCUT2D eigenvalue weighted by Crippen LogP contribution is -2.08. The van der Waals surface area contributed by atoms with Gasteiger partial charge in [-0.2, -0.15) is 5.10 Å². The second-order valence-electron chi connectivity index (χ2n) is 4.09. The summed E-state index contributed by atoms with van der Waals surface area (Å²) in [6, 6.07) is 8.38. The minimum absolute atomic E-state index is 0.699. The summed E-state index contributed by atoms with van der Waals surface area (Å²) in [5.41, 5.74) is 9.93. The van der Waals surface area contributed by atoms with Crippen molar-refractivity contribution in [3.63, 3.8) is 0 Å². The molecule has 0 unspecified atom stereocenters. The van der Waals surface area contributed by atoms with Crippen molar-refractivity contribution >= 4 is 5.69 Å². The molecule has 0 aliphatic heterocycles. The number of benzene rings is 1. The molecule has 0 aliphatic rings. The number of hydrogen-bond acceptors (Lipinski definition) is 3. The number of aromatic amines is 1. The van der Waals surface area contributed by atoms with Crippen molar-refractivity contribution in [1.29, 1.82) is 0 Å². The van der Waals surface area contributed by atoms with E-state index in [-0.39, 0.29) is 0 Å². The van der Waals surface area contributed by atoms with Crippen LogP contribution in [0.4, 0.5) is 5.69 Å². The first-order chi connectivity index (χ1) is 8.31. The van der Waals surface area contributed by atoms with E-state index in [1.165, 1.54) is 5.56 Å². The highest BCUT2D eigenvalue weighted by Gasteiger charge is 2.06. The smallest absolute Gasteiger partial charge is 0.0882 e. The Morgan fingerprint density at radius 2 is 2.06 bits per heavy atom. The summed E-state index contributed by atoms with van der Waals surface area (Å²) in [5, 5.41) is 10.4. The molecule has 2 aromatic rings. The average molecular weight is 230 g/mol. The van der Waals surface area contributed by atoms with Gasteiger partial charge in [0.15, 0.2) is 0 Å². The first-order valence-corrected chi connectivity index (χ1v) is 5.85. The largest absolute Gasteiger partial charge is 0.382 e. The highest BCUT2D eigenvalue weighted by Crippen LogP contribution is 2.25. The van der Waals surface area contributed by atoms with Gasteiger partial charge in [-0.3, -0.25) is 5.10 Å². The Bertz CT molecular complexity index is 459. The maximum absolute atomic E-state index is 5.47. The zero-order valence-electron chi connectivity index (χ0n) is 10.0. The first-order valence-electron chi connectivity index (χ1n) is 5.85. The summed E-state index contributed by atoms with van der Waals surface area (Å²) in [6.07, 6.45) is 2.77. The zero-order chi connectivity index (χ0) is 12.1. The highest BCUT2D eigenvalue weighted by molar-refractivity contribution is 5.73. The van der Waals surface area contributed by atoms with E-state index in [9.17, 15) is 0 Å². The third-order valence-corrected chi connectivity index (χ3v) is 2.68. The predicted molar refractivity (Wildman–Crippen MR) is 70.9 cm³/mol. The lowest BCUT2D eigenvalue weighted by Gasteiger charge is -2.06. The predicted octanol–water partition coefficient (Wildman–Crippen LogP) is 2.15. The number of rotatable bonds is 5. The van der Waals surface area contributed by atoms with Gasteiger partial charge in [-0.15, -0.1) is 0 Å². The van der Waals surface area contributed by atoms with Gasteiger partial charge in [-0.25, -0.2) is 0 Å². The Morgan fingerprint density at radius 3 is 2.76 bits per heavy atom. The highest BCUT2D eigenvalue weighted by atomic mass is 15.1. The summed E-state index contributed by atoms with van der Waals surface area (Å²) in [5.74, 6) is 0. The Hall–Kier alpha value is -1.81. The van der Waals surface area contributed by atoms with Crippen LogP contribution in [-0.4, -0.2) is 23.3 Å². The molecule has 0 amide bonds. The van der Waals surface area contributed by atoms with E-state index in [4.69, 9.17) is 5.73 Å². The van der Waals surface area contributed by atoms with Crippen LogP contribution < -0.4 is 11.1 Å². The van der Waals surface area contributed by atoms with Gasteiger partial charge in [-0.05, 0) is 19.9 Å². The van der Waals surface area contributed by atoms with Crippen LogP contribution in [0.25, 0.3) is 11.3 Å². The zero-order valence-corrected chi connectivity index (χ0v) is 10.0. The SMILES string of the molecule is Cc1ccc(-c2[nH]ncc2NCCCN)cc1. The summed E-state index contributed by atoms with van der Waals surface area (Å²) >= 11 is 0. The van der Waals surface area contributed by atoms with Crippen LogP contribution in [0, 0.1) is 6.92 Å². The molecular formula is C13H18N4. The maximum Gasteiger partial charge on any atom is 0.0882 e. The number of aryl methyl sites for hydroxylation is 1. The van der Waals surface area contributed by atoms with Crippen molar-refractivity contribution in [3.05, 3.63) is 36.0 Å². The van der Waals surface area contributed by atoms with Crippen LogP contribution in [0.1, 0.15) is 12.0 Å². The third-order valence-electron chi connectivity index (χ3n) is 2.68. The summed E-state index contributed by atoms with van der Waals surface area (Å²) < 4.78 is 0. The fourth-order valence-electron chi connectivity index (χ4n) is 1.69. The second kappa shape index (κ2) is 5.50. The van der Waals surface area contributed by atoms with E-state index in [1.807, 2.05) is 6.20 Å². The van der Waals surface area contributed by atoms with Crippen molar-refractivity contribution < 1.29 is 0 Å². The monoisotopic (exact) mass is 230 g/mol. The van der Waals surface area contributed by atoms with Crippen molar-refractivity contribution in [2.45, 2.75) is 13.3 Å². The number of H-pyrrole nitrogens is 1. The van der Waals surface area contributed by atoms with E-state index in [1.54, 1.807) is 0 Å². The molecule has 90 valence electrons. The maximum atomic E-state index is 5.47. The van der Waals surface area contributed by atoms with Crippen LogP contribution >= 0.6 is 0 Å². The Morgan fingerprint density at radius 1 is 1.29 bits per heavy atom. The molecule has 0 fully saturated rings. The van der Waals surface area contributed by atoms with E-state index in [2.05, 4.69) is 46.7 Å². The van der Waals surface area contributed by atoms with Crippen LogP contribution in [0.2, 0.25) is 0 Å². The second-order valence-corrected chi connectivity index (χ2v) is 4.09. The molecule has 0 atom stereocenters. The van der Waals surface area contributed by atoms with Crippen LogP contribution in [0.15, 0.2) is 30.5 Å². The molecule has 1 aromatic heterocycles. The molecule has 17 heavy (non-hydrogen) atoms. The standard InChI is InChI=1S/C13H18N4/c1-10-3-5-11(6-4-10)13-12(9-16-17-13)15-8-2-7-14/h3-6,9,15H,2,7-8,14H2,1H3,(H,16,17). The fraction of sp³-hybridized carbons (Fsp3) is 0.308. The third kappa shape index (κ3) is 2.85. The number of anilines is 1. The first kappa shape index (κ1) is 11.7. The molecule has 1 heterocycles. The van der Waals surface area contributed by atoms with E-state index in [0.29, 0.717) is 6.54 Å². The van der Waals surface area contributed by atoms with Gasteiger partial charge in [-0.1, -0.05) is 29.8 Å². The topological polar surface area (TPSA) is 66.7 Å². The van der Waals surface area contributed by atoms with E-state index in [0.717, 1.165) is 29.9 Å². The van der Waals surface area contributed by atoms with Gasteiger partial charge in [0.05, 0.1) is 17.6 Å². The molecule has 1 aromatic carbocycles. The number of nitrogens with two attached hydrogens (primary N) is 1. The summed E-state index contributed by atoms with van der Waals surface area (Å²) in [4.78, 5) is 0. The van der Waals surface area contributed by atoms with Gasteiger partial charge in [0.25, 0.3) is 0 Å². The van der Waals surface area contributed by atoms with E-state index < -0.39 is 0 Å². The van der Waals surface area contributed by atoms with Gasteiger partial charge in [0, 0.05) is 12.1 Å². The van der Waals surface area contributed by atoms with Crippen LogP contribution in [0.3, 0.4) is 0 Å². The van der Waals surface area contributed by atoms with Crippen LogP contribution in [0.5, 0.6) is 0 Å². The number of hydrogen-bond donors (Lipinski definition) is 3. The van der Waals surface area contributed by atoms with Gasteiger partial charge in [0.1, 0.15) is 0 Å². The van der Waals surface area contributed by atoms with Crippen LogP contribution in [-0.2, 0) is 0 Å². The molecule has 2 rings (SSSR count). The van der Waals surface area contributed by atoms with Gasteiger partial charge < -0.3 is 11.1 Å². The molecule has 0 radical (unpaired) electrons. The molecule has 0 saturated heterocycles. The number of aromatic nitrogens is 2. The lowest BCUT2D eigenvalue weighted by molar-refractivity contribution is 0.875. The lowest BCUT2D eigenvalue weighted by atomic mass is 10.1.